The van der Waals surface area contributed by atoms with E-state index >= 15 is 0 Å². The van der Waals surface area contributed by atoms with Gasteiger partial charge in [-0.05, 0) is 170 Å². The molecule has 14 heteroatoms. The number of ketones is 2. The fraction of sp³-hybridized carbons (Fsp3) is 0.564. The van der Waals surface area contributed by atoms with Gasteiger partial charge in [-0.1, -0.05) is 58.7 Å². The number of rotatable bonds is 11. The minimum Gasteiger partial charge on any atom is -0.508 e. The number of anilines is 1. The largest absolute Gasteiger partial charge is 0.508 e. The summed E-state index contributed by atoms with van der Waals surface area (Å²) in [5.41, 5.74) is 7.05. The van der Waals surface area contributed by atoms with Crippen molar-refractivity contribution in [1.29, 1.82) is 0 Å². The number of ether oxygens (including phenoxy) is 2. The highest BCUT2D eigenvalue weighted by Crippen LogP contribution is 2.51. The van der Waals surface area contributed by atoms with Crippen molar-refractivity contribution in [2.75, 3.05) is 25.6 Å². The van der Waals surface area contributed by atoms with Crippen LogP contribution in [0.15, 0.2) is 48.5 Å². The smallest absolute Gasteiger partial charge is 0.168 e. The van der Waals surface area contributed by atoms with Gasteiger partial charge in [0.2, 0.25) is 0 Å². The molecule has 8 N–H and O–H groups in total. The van der Waals surface area contributed by atoms with Crippen molar-refractivity contribution in [2.45, 2.75) is 163 Å². The summed E-state index contributed by atoms with van der Waals surface area (Å²) >= 11 is 0. The number of aryl methyl sites for hydroxylation is 1. The Kier molecular flexibility index (Phi) is 15.9. The first-order valence-electron chi connectivity index (χ1n) is 25.3. The molecule has 3 aliphatic heterocycles. The van der Waals surface area contributed by atoms with Gasteiger partial charge < -0.3 is 45.4 Å². The number of methoxy groups -OCH3 is 1. The summed E-state index contributed by atoms with van der Waals surface area (Å²) in [5, 5.41) is 76.3. The molecule has 3 aliphatic carbocycles. The van der Waals surface area contributed by atoms with Gasteiger partial charge in [0.05, 0.1) is 38.1 Å². The third kappa shape index (κ3) is 10.8. The quantitative estimate of drug-likeness (QED) is 0.0662. The molecular formula is C55H70N2O10S2. The maximum absolute atomic E-state index is 14.7. The summed E-state index contributed by atoms with van der Waals surface area (Å²) < 4.78 is 13.4. The number of benzene rings is 4. The third-order valence-electron chi connectivity index (χ3n) is 16.1. The van der Waals surface area contributed by atoms with Crippen molar-refractivity contribution in [3.8, 4) is 28.4 Å². The summed E-state index contributed by atoms with van der Waals surface area (Å²) in [6, 6.07) is 14.8. The van der Waals surface area contributed by atoms with Gasteiger partial charge in [0.15, 0.2) is 11.5 Å². The third-order valence-corrected chi connectivity index (χ3v) is 19.0. The van der Waals surface area contributed by atoms with Crippen LogP contribution in [0.1, 0.15) is 142 Å². The number of phenols is 2. The fourth-order valence-electron chi connectivity index (χ4n) is 12.5. The van der Waals surface area contributed by atoms with E-state index in [2.05, 4.69) is 10.6 Å². The van der Waals surface area contributed by atoms with Crippen LogP contribution in [0.3, 0.4) is 0 Å². The molecule has 3 heterocycles. The monoisotopic (exact) mass is 982 g/mol. The van der Waals surface area contributed by atoms with Crippen LogP contribution in [0, 0.1) is 11.8 Å². The number of hydrogen-bond acceptors (Lipinski definition) is 14. The average molecular weight is 983 g/mol. The van der Waals surface area contributed by atoms with Gasteiger partial charge in [-0.2, -0.15) is 0 Å². The Hall–Kier alpha value is -3.86. The van der Waals surface area contributed by atoms with E-state index in [1.807, 2.05) is 30.3 Å². The van der Waals surface area contributed by atoms with Crippen molar-refractivity contribution < 1.29 is 49.7 Å². The lowest BCUT2D eigenvalue weighted by Gasteiger charge is -2.43. The molecule has 4 aromatic rings. The topological polar surface area (TPSA) is 198 Å². The Bertz CT molecular complexity index is 2510. The Morgan fingerprint density at radius 1 is 0.957 bits per heavy atom. The van der Waals surface area contributed by atoms with Gasteiger partial charge in [0.1, 0.15) is 23.5 Å². The van der Waals surface area contributed by atoms with Gasteiger partial charge in [0.25, 0.3) is 0 Å². The summed E-state index contributed by atoms with van der Waals surface area (Å²) in [5.74, 6) is 0.813. The molecule has 2 saturated carbocycles. The van der Waals surface area contributed by atoms with E-state index in [9.17, 15) is 40.2 Å². The molecule has 0 amide bonds. The first-order valence-corrected chi connectivity index (χ1v) is 27.6. The molecule has 0 unspecified atom stereocenters. The van der Waals surface area contributed by atoms with E-state index in [0.717, 1.165) is 108 Å². The van der Waals surface area contributed by atoms with E-state index in [0.29, 0.717) is 54.7 Å². The van der Waals surface area contributed by atoms with Crippen LogP contribution < -0.4 is 15.4 Å². The average Bonchev–Trinajstić information content (AvgIpc) is 3.78. The lowest BCUT2D eigenvalue weighted by atomic mass is 9.69. The van der Waals surface area contributed by atoms with E-state index in [1.165, 1.54) is 14.0 Å². The summed E-state index contributed by atoms with van der Waals surface area (Å²) in [7, 11) is 4.85. The summed E-state index contributed by atoms with van der Waals surface area (Å²) in [4.78, 5) is 27.0. The van der Waals surface area contributed by atoms with Gasteiger partial charge in [-0.15, -0.1) is 0 Å². The number of hydrogen-bond donors (Lipinski definition) is 8. The zero-order valence-corrected chi connectivity index (χ0v) is 41.6. The lowest BCUT2D eigenvalue weighted by Crippen LogP contribution is -2.44. The van der Waals surface area contributed by atoms with Crippen molar-refractivity contribution in [3.63, 3.8) is 0 Å². The zero-order chi connectivity index (χ0) is 48.4. The highest BCUT2D eigenvalue weighted by molar-refractivity contribution is 8.76. The van der Waals surface area contributed by atoms with Crippen molar-refractivity contribution >= 4 is 49.6 Å². The molecule has 0 spiro atoms. The van der Waals surface area contributed by atoms with Crippen LogP contribution in [0.4, 0.5) is 5.69 Å². The number of nitrogens with one attached hydrogen (secondary N) is 2. The second-order valence-electron chi connectivity index (χ2n) is 20.6. The van der Waals surface area contributed by atoms with Crippen LogP contribution >= 0.6 is 21.6 Å². The molecule has 372 valence electrons. The van der Waals surface area contributed by atoms with E-state index in [-0.39, 0.29) is 84.7 Å². The Balaban J connectivity index is 1.11. The number of carbonyl (C=O) groups is 2. The van der Waals surface area contributed by atoms with E-state index in [1.54, 1.807) is 39.8 Å². The lowest BCUT2D eigenvalue weighted by molar-refractivity contribution is -0.129. The number of aliphatic hydroxyl groups excluding tert-OH is 3. The molecule has 8 atom stereocenters. The summed E-state index contributed by atoms with van der Waals surface area (Å²) in [6.07, 6.45) is 8.60. The Morgan fingerprint density at radius 2 is 1.77 bits per heavy atom. The molecule has 12 nitrogen and oxygen atoms in total. The Labute approximate surface area is 413 Å². The number of aliphatic hydroxyl groups is 4. The number of aromatic hydroxyl groups is 2. The highest BCUT2D eigenvalue weighted by atomic mass is 33.1. The van der Waals surface area contributed by atoms with Crippen LogP contribution in [-0.2, 0) is 39.5 Å². The van der Waals surface area contributed by atoms with Crippen molar-refractivity contribution in [1.82, 2.24) is 5.32 Å². The predicted octanol–water partition coefficient (Wildman–Crippen LogP) is 9.30. The number of fused-ring (bicyclic) bond motifs is 9. The van der Waals surface area contributed by atoms with Crippen LogP contribution in [0.5, 0.6) is 17.2 Å². The van der Waals surface area contributed by atoms with E-state index in [4.69, 9.17) is 9.47 Å². The fourth-order valence-corrected chi connectivity index (χ4v) is 15.4. The second kappa shape index (κ2) is 21.9. The minimum atomic E-state index is -0.712. The molecule has 10 rings (SSSR count). The van der Waals surface area contributed by atoms with Crippen LogP contribution in [0.2, 0.25) is 0 Å². The van der Waals surface area contributed by atoms with Gasteiger partial charge >= 0.3 is 0 Å². The molecular weight excluding hydrogens is 913 g/mol. The van der Waals surface area contributed by atoms with Crippen molar-refractivity contribution in [2.24, 2.45) is 11.8 Å². The van der Waals surface area contributed by atoms with Crippen LogP contribution in [-0.4, -0.2) is 91.6 Å². The van der Waals surface area contributed by atoms with Gasteiger partial charge in [-0.3, -0.25) is 14.9 Å². The molecule has 2 bridgehead atoms. The second-order valence-corrected chi connectivity index (χ2v) is 23.2. The van der Waals surface area contributed by atoms with Gasteiger partial charge in [0, 0.05) is 53.3 Å². The van der Waals surface area contributed by atoms with E-state index < -0.39 is 24.0 Å². The van der Waals surface area contributed by atoms with Crippen molar-refractivity contribution in [3.05, 3.63) is 81.9 Å². The number of phenolic OH excluding ortho intramolecular Hbond substituents is 2. The maximum atomic E-state index is 14.7. The first-order chi connectivity index (χ1) is 33.4. The molecule has 0 radical (unpaired) electrons. The first kappa shape index (κ1) is 50.1. The predicted molar refractivity (Wildman–Crippen MR) is 273 cm³/mol. The Morgan fingerprint density at radius 3 is 2.52 bits per heavy atom. The standard InChI is InChI=1S/C55H70N2O10S2/c1-31(60)27-56-52-36(29-59)23-44-51-40(35(28-58)8-15-42(51)52)16-11-37(19-22-55(65)20-3-4-21-55)57-54(44)67-48-26-39(62)13-6-33-9-17-46(63)53(66-2)50(33)41-14-7-32-5-12-38(61)25-43(32)45(41)30-68-69-49-18-10-34(48)24-47(49)64/h5,7,9,12,14,17,23,25,34-35,37,40,47-49,54,56-59,61,63-65H,3-4,6,8,10-11,13,15-16,18-22,24,26-30H2,1-2H3/t34-,35+,37+,40-,47+,48+,49+,54-/m1/s1. The molecule has 6 aliphatic rings. The normalized spacial score (nSPS) is 27.2. The molecule has 2 fully saturated rings. The number of carbonyl (C=O) groups excluding carboxylic acids is 2. The summed E-state index contributed by atoms with van der Waals surface area (Å²) in [6.45, 7) is 1.42. The maximum Gasteiger partial charge on any atom is 0.168 e. The minimum absolute atomic E-state index is 0.00112. The zero-order valence-electron chi connectivity index (χ0n) is 40.0. The highest BCUT2D eigenvalue weighted by Gasteiger charge is 2.42. The molecule has 0 aromatic heterocycles. The molecule has 4 aromatic carbocycles. The molecule has 69 heavy (non-hydrogen) atoms. The number of Topliss-reactive ketones (excluding diaryl/α,β-unsaturated/α-hetero) is 2. The van der Waals surface area contributed by atoms with Crippen LogP contribution in [0.25, 0.3) is 21.9 Å². The SMILES string of the molecule is COc1c(O)ccc2c1-c1ccc3ccc(O)cc3c1CSS[C@H]1CC[C@H](C[C@@H]1O)[C@@H](O[C@H]1N[C@H](CCC3(O)CCCC3)CC[C@H]3c4c1cc(CO)c(NCC(C)=O)c4CC[C@H]3CO)CC(=O)CC2. The van der Waals surface area contributed by atoms with Gasteiger partial charge in [-0.25, -0.2) is 0 Å². The molecule has 0 saturated heterocycles.